The smallest absolute Gasteiger partial charge is 0.266 e. The van der Waals surface area contributed by atoms with Gasteiger partial charge in [0, 0.05) is 25.5 Å². The molecule has 0 atom stereocenters. The summed E-state index contributed by atoms with van der Waals surface area (Å²) in [4.78, 5) is 16.3. The molecule has 0 radical (unpaired) electrons. The normalized spacial score (nSPS) is 17.5. The number of thiocarbonyl (C=S) groups is 1. The summed E-state index contributed by atoms with van der Waals surface area (Å²) in [6.45, 7) is 2.54. The highest BCUT2D eigenvalue weighted by Crippen LogP contribution is 2.30. The van der Waals surface area contributed by atoms with Crippen LogP contribution < -0.4 is 4.90 Å². The summed E-state index contributed by atoms with van der Waals surface area (Å²) in [6.07, 6.45) is 5.61. The van der Waals surface area contributed by atoms with Crippen molar-refractivity contribution in [3.8, 4) is 0 Å². The third-order valence-electron chi connectivity index (χ3n) is 2.91. The van der Waals surface area contributed by atoms with Crippen LogP contribution in [0.1, 0.15) is 6.92 Å². The first-order valence-electron chi connectivity index (χ1n) is 6.33. The molecule has 1 saturated heterocycles. The maximum absolute atomic E-state index is 12.0. The zero-order chi connectivity index (χ0) is 14.5. The molecule has 0 N–H and O–H groups in total. The van der Waals surface area contributed by atoms with Gasteiger partial charge in [-0.25, -0.2) is 0 Å². The predicted molar refractivity (Wildman–Crippen MR) is 89.6 cm³/mol. The number of hydrogen-bond donors (Lipinski definition) is 0. The second kappa shape index (κ2) is 6.72. The lowest BCUT2D eigenvalue weighted by Crippen LogP contribution is -2.27. The molecule has 0 aromatic heterocycles. The minimum atomic E-state index is -0.00508. The van der Waals surface area contributed by atoms with Crippen LogP contribution in [0, 0.1) is 0 Å². The number of thioether (sulfide) groups is 1. The van der Waals surface area contributed by atoms with E-state index in [1.807, 2.05) is 67.6 Å². The lowest BCUT2D eigenvalue weighted by atomic mass is 10.3. The first kappa shape index (κ1) is 14.8. The van der Waals surface area contributed by atoms with Crippen molar-refractivity contribution in [1.82, 2.24) is 4.90 Å². The van der Waals surface area contributed by atoms with Crippen LogP contribution in [0.2, 0.25) is 0 Å². The molecule has 1 aliphatic heterocycles. The molecule has 1 fully saturated rings. The van der Waals surface area contributed by atoms with Crippen LogP contribution in [0.5, 0.6) is 0 Å². The fourth-order valence-electron chi connectivity index (χ4n) is 1.80. The molecule has 3 nitrogen and oxygen atoms in total. The van der Waals surface area contributed by atoms with Gasteiger partial charge >= 0.3 is 0 Å². The van der Waals surface area contributed by atoms with Gasteiger partial charge in [0.15, 0.2) is 0 Å². The second-order valence-electron chi connectivity index (χ2n) is 4.24. The van der Waals surface area contributed by atoms with Crippen LogP contribution in [-0.2, 0) is 4.79 Å². The minimum absolute atomic E-state index is 0.00508. The van der Waals surface area contributed by atoms with Crippen molar-refractivity contribution in [2.75, 3.05) is 18.5 Å². The van der Waals surface area contributed by atoms with Gasteiger partial charge in [0.25, 0.3) is 5.91 Å². The Hall–Kier alpha value is -1.59. The number of benzene rings is 1. The Balaban J connectivity index is 2.05. The maximum atomic E-state index is 12.0. The van der Waals surface area contributed by atoms with Crippen molar-refractivity contribution in [2.45, 2.75) is 6.92 Å². The van der Waals surface area contributed by atoms with Gasteiger partial charge in [-0.05, 0) is 31.2 Å². The van der Waals surface area contributed by atoms with E-state index in [4.69, 9.17) is 12.2 Å². The molecule has 104 valence electrons. The van der Waals surface area contributed by atoms with Gasteiger partial charge in [0.2, 0.25) is 0 Å². The second-order valence-corrected chi connectivity index (χ2v) is 5.91. The number of likely N-dealkylation sites (N-methyl/N-ethyl adjacent to an activating group) is 1. The number of rotatable bonds is 4. The minimum Gasteiger partial charge on any atom is -0.351 e. The van der Waals surface area contributed by atoms with Crippen molar-refractivity contribution < 1.29 is 4.79 Å². The van der Waals surface area contributed by atoms with Crippen LogP contribution in [0.3, 0.4) is 0 Å². The van der Waals surface area contributed by atoms with Gasteiger partial charge in [-0.2, -0.15) is 0 Å². The Morgan fingerprint density at radius 1 is 1.35 bits per heavy atom. The average molecular weight is 304 g/mol. The van der Waals surface area contributed by atoms with Crippen molar-refractivity contribution in [3.05, 3.63) is 53.6 Å². The highest BCUT2D eigenvalue weighted by atomic mass is 32.2. The van der Waals surface area contributed by atoms with Gasteiger partial charge in [-0.3, -0.25) is 9.69 Å². The van der Waals surface area contributed by atoms with E-state index in [2.05, 4.69) is 0 Å². The highest BCUT2D eigenvalue weighted by molar-refractivity contribution is 8.26. The molecule has 1 heterocycles. The average Bonchev–Trinajstić information content (AvgIpc) is 2.74. The van der Waals surface area contributed by atoms with Gasteiger partial charge in [-0.1, -0.05) is 42.2 Å². The maximum Gasteiger partial charge on any atom is 0.266 e. The Morgan fingerprint density at radius 3 is 2.65 bits per heavy atom. The van der Waals surface area contributed by atoms with E-state index in [0.29, 0.717) is 15.8 Å². The molecule has 1 aliphatic rings. The van der Waals surface area contributed by atoms with Crippen LogP contribution in [0.15, 0.2) is 53.6 Å². The van der Waals surface area contributed by atoms with Crippen molar-refractivity contribution in [3.63, 3.8) is 0 Å². The number of para-hydroxylation sites is 1. The number of hydrogen-bond acceptors (Lipinski definition) is 4. The van der Waals surface area contributed by atoms with E-state index in [1.54, 1.807) is 4.90 Å². The monoisotopic (exact) mass is 304 g/mol. The number of anilines is 1. The first-order valence-corrected chi connectivity index (χ1v) is 7.56. The van der Waals surface area contributed by atoms with Crippen LogP contribution in [0.25, 0.3) is 0 Å². The Morgan fingerprint density at radius 2 is 2.05 bits per heavy atom. The Bertz CT molecular complexity index is 566. The summed E-state index contributed by atoms with van der Waals surface area (Å²) < 4.78 is 0.633. The third-order valence-corrected chi connectivity index (χ3v) is 4.31. The Kier molecular flexibility index (Phi) is 4.98. The summed E-state index contributed by atoms with van der Waals surface area (Å²) in [5.74, 6) is -0.00508. The predicted octanol–water partition coefficient (Wildman–Crippen LogP) is 3.40. The van der Waals surface area contributed by atoms with Gasteiger partial charge in [0.1, 0.15) is 4.32 Å². The lowest BCUT2D eigenvalue weighted by molar-refractivity contribution is -0.122. The summed E-state index contributed by atoms with van der Waals surface area (Å²) in [5.41, 5.74) is 1.10. The number of carbonyl (C=O) groups excluding carboxylic acids is 1. The SMILES string of the molecule is CCN1C(=O)/C(=C\C=C\N(C)c2ccccc2)SC1=S. The van der Waals surface area contributed by atoms with E-state index < -0.39 is 0 Å². The molecule has 0 saturated carbocycles. The Labute approximate surface area is 128 Å². The van der Waals surface area contributed by atoms with Crippen molar-refractivity contribution >= 4 is 39.9 Å². The quantitative estimate of drug-likeness (QED) is 0.628. The molecule has 0 aliphatic carbocycles. The summed E-state index contributed by atoms with van der Waals surface area (Å²) in [6, 6.07) is 10.0. The molecule has 0 spiro atoms. The zero-order valence-corrected chi connectivity index (χ0v) is 13.1. The number of amides is 1. The standard InChI is InChI=1S/C15H16N2OS2/c1-3-17-14(18)13(20-15(17)19)10-7-11-16(2)12-8-5-4-6-9-12/h4-11H,3H2,1-2H3/b11-7+,13-10+. The van der Waals surface area contributed by atoms with Crippen molar-refractivity contribution in [2.24, 2.45) is 0 Å². The molecular weight excluding hydrogens is 288 g/mol. The van der Waals surface area contributed by atoms with Crippen molar-refractivity contribution in [1.29, 1.82) is 0 Å². The van der Waals surface area contributed by atoms with E-state index >= 15 is 0 Å². The third kappa shape index (κ3) is 3.29. The molecule has 1 aromatic rings. The van der Waals surface area contributed by atoms with Crippen LogP contribution in [0.4, 0.5) is 5.69 Å². The van der Waals surface area contributed by atoms with E-state index in [9.17, 15) is 4.79 Å². The van der Waals surface area contributed by atoms with E-state index in [0.717, 1.165) is 5.69 Å². The van der Waals surface area contributed by atoms with E-state index in [1.165, 1.54) is 11.8 Å². The molecule has 5 heteroatoms. The number of nitrogens with zero attached hydrogens (tertiary/aromatic N) is 2. The highest BCUT2D eigenvalue weighted by Gasteiger charge is 2.29. The van der Waals surface area contributed by atoms with E-state index in [-0.39, 0.29) is 5.91 Å². The molecule has 2 rings (SSSR count). The fraction of sp³-hybridized carbons (Fsp3) is 0.200. The fourth-order valence-corrected chi connectivity index (χ4v) is 3.13. The lowest BCUT2D eigenvalue weighted by Gasteiger charge is -2.12. The molecule has 0 unspecified atom stereocenters. The summed E-state index contributed by atoms with van der Waals surface area (Å²) in [7, 11) is 1.97. The largest absolute Gasteiger partial charge is 0.351 e. The number of carbonyl (C=O) groups is 1. The molecule has 1 aromatic carbocycles. The molecule has 0 bridgehead atoms. The summed E-state index contributed by atoms with van der Waals surface area (Å²) >= 11 is 6.52. The summed E-state index contributed by atoms with van der Waals surface area (Å²) in [5, 5.41) is 0. The number of allylic oxidation sites excluding steroid dienone is 2. The topological polar surface area (TPSA) is 23.6 Å². The van der Waals surface area contributed by atoms with Crippen LogP contribution in [-0.4, -0.2) is 28.7 Å². The zero-order valence-electron chi connectivity index (χ0n) is 11.4. The van der Waals surface area contributed by atoms with Gasteiger partial charge in [-0.15, -0.1) is 0 Å². The van der Waals surface area contributed by atoms with Crippen LogP contribution >= 0.6 is 24.0 Å². The molecule has 1 amide bonds. The molecule has 20 heavy (non-hydrogen) atoms. The van der Waals surface area contributed by atoms with Gasteiger partial charge < -0.3 is 4.90 Å². The first-order chi connectivity index (χ1) is 9.63. The van der Waals surface area contributed by atoms with Gasteiger partial charge in [0.05, 0.1) is 4.91 Å². The molecular formula is C15H16N2OS2.